The number of rotatable bonds is 5. The van der Waals surface area contributed by atoms with Gasteiger partial charge >= 0.3 is 0 Å². The molecule has 0 N–H and O–H groups in total. The third-order valence-corrected chi connectivity index (χ3v) is 3.88. The second-order valence-corrected chi connectivity index (χ2v) is 5.72. The molecule has 0 unspecified atom stereocenters. The van der Waals surface area contributed by atoms with Crippen LogP contribution in [0.4, 0.5) is 4.39 Å². The maximum Gasteiger partial charge on any atom is 0.275 e. The van der Waals surface area contributed by atoms with Crippen LogP contribution in [0.15, 0.2) is 21.4 Å². The van der Waals surface area contributed by atoms with Crippen molar-refractivity contribution >= 4 is 5.91 Å². The number of nitrogens with zero attached hydrogens (tertiary/aromatic N) is 5. The first-order chi connectivity index (χ1) is 11.0. The fraction of sp³-hybridized carbons (Fsp3) is 0.571. The van der Waals surface area contributed by atoms with Crippen molar-refractivity contribution in [3.8, 4) is 0 Å². The first-order valence-corrected chi connectivity index (χ1v) is 7.36. The molecule has 2 aromatic heterocycles. The van der Waals surface area contributed by atoms with Crippen molar-refractivity contribution in [3.63, 3.8) is 0 Å². The van der Waals surface area contributed by atoms with Crippen LogP contribution < -0.4 is 0 Å². The SMILES string of the molecule is Cc1nc(CN2C[C@@H](F)C[C@H]2CN(C)C(=O)c2ccon2)no1. The normalized spacial score (nSPS) is 21.7. The molecule has 1 amide bonds. The number of hydrogen-bond donors (Lipinski definition) is 0. The molecule has 3 rings (SSSR count). The zero-order valence-corrected chi connectivity index (χ0v) is 13.0. The van der Waals surface area contributed by atoms with Crippen LogP contribution in [0.1, 0.15) is 28.6 Å². The lowest BCUT2D eigenvalue weighted by molar-refractivity contribution is 0.0738. The van der Waals surface area contributed by atoms with Crippen molar-refractivity contribution in [3.05, 3.63) is 29.7 Å². The van der Waals surface area contributed by atoms with E-state index in [1.165, 1.54) is 17.2 Å². The Bertz CT molecular complexity index is 659. The summed E-state index contributed by atoms with van der Waals surface area (Å²) in [4.78, 5) is 19.8. The monoisotopic (exact) mass is 323 g/mol. The topological polar surface area (TPSA) is 88.5 Å². The highest BCUT2D eigenvalue weighted by Crippen LogP contribution is 2.23. The van der Waals surface area contributed by atoms with E-state index in [9.17, 15) is 9.18 Å². The number of hydrogen-bond acceptors (Lipinski definition) is 7. The van der Waals surface area contributed by atoms with Crippen LogP contribution in [0.3, 0.4) is 0 Å². The number of carbonyl (C=O) groups excluding carboxylic acids is 1. The molecule has 0 saturated carbocycles. The number of alkyl halides is 1. The summed E-state index contributed by atoms with van der Waals surface area (Å²) in [6, 6.07) is 1.40. The number of amides is 1. The van der Waals surface area contributed by atoms with Gasteiger partial charge < -0.3 is 13.9 Å². The second kappa shape index (κ2) is 6.45. The summed E-state index contributed by atoms with van der Waals surface area (Å²) in [5, 5.41) is 7.47. The van der Waals surface area contributed by atoms with E-state index in [0.717, 1.165) is 0 Å². The van der Waals surface area contributed by atoms with Crippen molar-refractivity contribution in [1.29, 1.82) is 0 Å². The lowest BCUT2D eigenvalue weighted by Gasteiger charge is -2.27. The highest BCUT2D eigenvalue weighted by atomic mass is 19.1. The van der Waals surface area contributed by atoms with Crippen LogP contribution >= 0.6 is 0 Å². The summed E-state index contributed by atoms with van der Waals surface area (Å²) in [6.07, 6.45) is 0.787. The smallest absolute Gasteiger partial charge is 0.275 e. The van der Waals surface area contributed by atoms with Gasteiger partial charge in [-0.2, -0.15) is 4.98 Å². The van der Waals surface area contributed by atoms with Gasteiger partial charge in [-0.05, 0) is 6.42 Å². The van der Waals surface area contributed by atoms with Gasteiger partial charge in [-0.1, -0.05) is 10.3 Å². The Hall–Kier alpha value is -2.29. The van der Waals surface area contributed by atoms with E-state index < -0.39 is 6.17 Å². The molecule has 8 nitrogen and oxygen atoms in total. The van der Waals surface area contributed by atoms with Crippen LogP contribution in [-0.2, 0) is 6.54 Å². The fourth-order valence-corrected chi connectivity index (χ4v) is 2.81. The molecule has 0 spiro atoms. The summed E-state index contributed by atoms with van der Waals surface area (Å²) < 4.78 is 23.4. The molecule has 1 aliphatic rings. The standard InChI is InChI=1S/C14H18FN5O3/c1-9-16-13(18-23-9)8-20-6-10(15)5-11(20)7-19(2)14(21)12-3-4-22-17-12/h3-4,10-11H,5-8H2,1-2H3/t10-,11-/m0/s1. The molecular formula is C14H18FN5O3. The highest BCUT2D eigenvalue weighted by Gasteiger charge is 2.34. The van der Waals surface area contributed by atoms with Crippen LogP contribution in [0, 0.1) is 6.92 Å². The lowest BCUT2D eigenvalue weighted by atomic mass is 10.2. The fourth-order valence-electron chi connectivity index (χ4n) is 2.81. The molecule has 2 atom stereocenters. The third-order valence-electron chi connectivity index (χ3n) is 3.88. The first kappa shape index (κ1) is 15.6. The van der Waals surface area contributed by atoms with E-state index in [1.54, 1.807) is 14.0 Å². The highest BCUT2D eigenvalue weighted by molar-refractivity contribution is 5.91. The molecule has 1 fully saturated rings. The minimum atomic E-state index is -0.927. The van der Waals surface area contributed by atoms with Crippen LogP contribution in [0.2, 0.25) is 0 Å². The Kier molecular flexibility index (Phi) is 4.37. The number of likely N-dealkylation sites (N-methyl/N-ethyl adjacent to an activating group) is 1. The molecule has 9 heteroatoms. The number of aryl methyl sites for hydroxylation is 1. The van der Waals surface area contributed by atoms with Gasteiger partial charge in [-0.25, -0.2) is 4.39 Å². The average molecular weight is 323 g/mol. The quantitative estimate of drug-likeness (QED) is 0.812. The number of carbonyl (C=O) groups is 1. The molecule has 0 bridgehead atoms. The molecule has 1 aliphatic heterocycles. The van der Waals surface area contributed by atoms with Gasteiger partial charge in [-0.3, -0.25) is 9.69 Å². The molecule has 0 aliphatic carbocycles. The molecule has 1 saturated heterocycles. The maximum atomic E-state index is 13.8. The van der Waals surface area contributed by atoms with Crippen LogP contribution in [-0.4, -0.2) is 63.4 Å². The minimum absolute atomic E-state index is 0.107. The zero-order valence-electron chi connectivity index (χ0n) is 13.0. The maximum absolute atomic E-state index is 13.8. The molecule has 0 aromatic carbocycles. The molecule has 23 heavy (non-hydrogen) atoms. The van der Waals surface area contributed by atoms with E-state index in [4.69, 9.17) is 4.52 Å². The van der Waals surface area contributed by atoms with Gasteiger partial charge in [0.25, 0.3) is 5.91 Å². The molecular weight excluding hydrogens is 305 g/mol. The van der Waals surface area contributed by atoms with Gasteiger partial charge in [0.1, 0.15) is 12.4 Å². The third kappa shape index (κ3) is 3.55. The average Bonchev–Trinajstić information content (AvgIpc) is 3.22. The van der Waals surface area contributed by atoms with E-state index in [0.29, 0.717) is 37.8 Å². The summed E-state index contributed by atoms with van der Waals surface area (Å²) in [5.41, 5.74) is 0.239. The predicted molar refractivity (Wildman–Crippen MR) is 76.2 cm³/mol. The number of aromatic nitrogens is 3. The van der Waals surface area contributed by atoms with Gasteiger partial charge in [0, 0.05) is 39.2 Å². The minimum Gasteiger partial charge on any atom is -0.364 e. The lowest BCUT2D eigenvalue weighted by Crippen LogP contribution is -2.41. The Morgan fingerprint density at radius 1 is 1.52 bits per heavy atom. The summed E-state index contributed by atoms with van der Waals surface area (Å²) in [7, 11) is 1.67. The molecule has 3 heterocycles. The van der Waals surface area contributed by atoms with Crippen LogP contribution in [0.25, 0.3) is 0 Å². The Labute approximate surface area is 132 Å². The van der Waals surface area contributed by atoms with Gasteiger partial charge in [0.05, 0.1) is 6.54 Å². The Balaban J connectivity index is 1.63. The van der Waals surface area contributed by atoms with E-state index in [1.807, 2.05) is 4.90 Å². The van der Waals surface area contributed by atoms with E-state index in [2.05, 4.69) is 19.8 Å². The Morgan fingerprint density at radius 2 is 2.35 bits per heavy atom. The van der Waals surface area contributed by atoms with Crippen molar-refractivity contribution < 1.29 is 18.2 Å². The first-order valence-electron chi connectivity index (χ1n) is 7.36. The molecule has 2 aromatic rings. The van der Waals surface area contributed by atoms with Crippen molar-refractivity contribution in [2.75, 3.05) is 20.1 Å². The van der Waals surface area contributed by atoms with Crippen molar-refractivity contribution in [1.82, 2.24) is 25.1 Å². The molecule has 124 valence electrons. The Morgan fingerprint density at radius 3 is 3.00 bits per heavy atom. The zero-order chi connectivity index (χ0) is 16.4. The van der Waals surface area contributed by atoms with Crippen LogP contribution in [0.5, 0.6) is 0 Å². The number of likely N-dealkylation sites (tertiary alicyclic amines) is 1. The van der Waals surface area contributed by atoms with Gasteiger partial charge in [0.2, 0.25) is 5.89 Å². The summed E-state index contributed by atoms with van der Waals surface area (Å²) in [5.74, 6) is 0.745. The number of halogens is 1. The van der Waals surface area contributed by atoms with Crippen molar-refractivity contribution in [2.24, 2.45) is 0 Å². The summed E-state index contributed by atoms with van der Waals surface area (Å²) >= 11 is 0. The predicted octanol–water partition coefficient (Wildman–Crippen LogP) is 1.05. The largest absolute Gasteiger partial charge is 0.364 e. The van der Waals surface area contributed by atoms with Gasteiger partial charge in [-0.15, -0.1) is 0 Å². The van der Waals surface area contributed by atoms with Crippen molar-refractivity contribution in [2.45, 2.75) is 32.1 Å². The van der Waals surface area contributed by atoms with Gasteiger partial charge in [0.15, 0.2) is 11.5 Å². The summed E-state index contributed by atoms with van der Waals surface area (Å²) in [6.45, 7) is 2.79. The van der Waals surface area contributed by atoms with E-state index in [-0.39, 0.29) is 17.6 Å². The van der Waals surface area contributed by atoms with E-state index >= 15 is 0 Å². The molecule has 0 radical (unpaired) electrons. The second-order valence-electron chi connectivity index (χ2n) is 5.72.